The summed E-state index contributed by atoms with van der Waals surface area (Å²) in [5.74, 6) is 0.433. The Hall–Kier alpha value is -0.860. The van der Waals surface area contributed by atoms with E-state index in [2.05, 4.69) is 43.5 Å². The first-order valence-corrected chi connectivity index (χ1v) is 4.78. The van der Waals surface area contributed by atoms with Gasteiger partial charge in [0.25, 0.3) is 0 Å². The fraction of sp³-hybridized carbons (Fsp3) is 0.800. The zero-order valence-electron chi connectivity index (χ0n) is 9.55. The molecule has 0 bridgehead atoms. The molecule has 0 saturated carbocycles. The minimum Gasteiger partial charge on any atom is -0.289 e. The lowest BCUT2D eigenvalue weighted by Gasteiger charge is -2.07. The molecule has 1 N–H and O–H groups in total. The Labute approximate surface area is 81.3 Å². The van der Waals surface area contributed by atoms with Crippen LogP contribution in [-0.4, -0.2) is 6.04 Å². The van der Waals surface area contributed by atoms with Crippen molar-refractivity contribution in [3.63, 3.8) is 0 Å². The summed E-state index contributed by atoms with van der Waals surface area (Å²) in [5.41, 5.74) is 5.20. The molecule has 0 aromatic carbocycles. The summed E-state index contributed by atoms with van der Waals surface area (Å²) in [7, 11) is 0. The molecule has 0 atom stereocenters. The number of allylic oxidation sites excluding steroid dienone is 2. The molecule has 0 aliphatic heterocycles. The van der Waals surface area contributed by atoms with Gasteiger partial charge in [-0.1, -0.05) is 24.6 Å². The molecule has 76 valence electrons. The molecule has 0 aromatic rings. The van der Waals surface area contributed by atoms with Crippen LogP contribution in [0.5, 0.6) is 0 Å². The third kappa shape index (κ3) is 5.39. The van der Waals surface area contributed by atoms with E-state index in [-0.39, 0.29) is 0 Å². The van der Waals surface area contributed by atoms with Crippen LogP contribution in [0.1, 0.15) is 41.5 Å². The summed E-state index contributed by atoms with van der Waals surface area (Å²) < 4.78 is 0. The Morgan fingerprint density at radius 3 is 1.92 bits per heavy atom. The van der Waals surface area contributed by atoms with Crippen molar-refractivity contribution in [2.75, 3.05) is 0 Å². The van der Waals surface area contributed by atoms with E-state index in [1.807, 2.05) is 13.8 Å². The molecule has 0 amide bonds. The maximum absolute atomic E-state index is 4.16. The number of rotatable bonds is 4. The average Bonchev–Trinajstić information content (AvgIpc) is 1.95. The molecular weight excluding hydrogens is 162 g/mol. The van der Waals surface area contributed by atoms with Crippen molar-refractivity contribution in [3.05, 3.63) is 11.3 Å². The molecule has 3 nitrogen and oxygen atoms in total. The molecule has 0 aliphatic rings. The van der Waals surface area contributed by atoms with Crippen molar-refractivity contribution in [1.29, 1.82) is 0 Å². The van der Waals surface area contributed by atoms with Crippen LogP contribution in [0.25, 0.3) is 0 Å². The van der Waals surface area contributed by atoms with Gasteiger partial charge in [-0.3, -0.25) is 5.43 Å². The van der Waals surface area contributed by atoms with E-state index in [1.54, 1.807) is 0 Å². The van der Waals surface area contributed by atoms with Gasteiger partial charge in [-0.05, 0) is 33.6 Å². The Balaban J connectivity index is 4.29. The molecule has 0 spiro atoms. The minimum absolute atomic E-state index is 0.342. The van der Waals surface area contributed by atoms with Gasteiger partial charge in [-0.15, -0.1) is 5.11 Å². The molecule has 0 radical (unpaired) electrons. The third-order valence-corrected chi connectivity index (χ3v) is 1.53. The lowest BCUT2D eigenvalue weighted by atomic mass is 10.1. The minimum atomic E-state index is 0.342. The van der Waals surface area contributed by atoms with Crippen molar-refractivity contribution >= 4 is 0 Å². The van der Waals surface area contributed by atoms with Crippen molar-refractivity contribution in [2.45, 2.75) is 47.6 Å². The number of nitrogens with zero attached hydrogens (tertiary/aromatic N) is 2. The highest BCUT2D eigenvalue weighted by Gasteiger charge is 2.03. The summed E-state index contributed by atoms with van der Waals surface area (Å²) in [4.78, 5) is 0. The van der Waals surface area contributed by atoms with Gasteiger partial charge in [0.15, 0.2) is 0 Å². The second-order valence-electron chi connectivity index (χ2n) is 4.02. The van der Waals surface area contributed by atoms with Gasteiger partial charge in [0.05, 0.1) is 5.70 Å². The maximum Gasteiger partial charge on any atom is 0.0659 e. The van der Waals surface area contributed by atoms with E-state index in [4.69, 9.17) is 0 Å². The summed E-state index contributed by atoms with van der Waals surface area (Å²) in [6.45, 7) is 12.4. The second-order valence-corrected chi connectivity index (χ2v) is 4.02. The molecule has 13 heavy (non-hydrogen) atoms. The van der Waals surface area contributed by atoms with E-state index < -0.39 is 0 Å². The monoisotopic (exact) mass is 183 g/mol. The fourth-order valence-electron chi connectivity index (χ4n) is 0.991. The molecule has 0 aromatic heterocycles. The quantitative estimate of drug-likeness (QED) is 0.527. The maximum atomic E-state index is 4.16. The van der Waals surface area contributed by atoms with E-state index in [1.165, 1.54) is 5.57 Å². The Morgan fingerprint density at radius 2 is 1.62 bits per heavy atom. The first kappa shape index (κ1) is 12.1. The van der Waals surface area contributed by atoms with Gasteiger partial charge in [-0.2, -0.15) is 0 Å². The normalized spacial score (nSPS) is 11.4. The highest BCUT2D eigenvalue weighted by atomic mass is 15.4. The molecular formula is C10H21N3. The topological polar surface area (TPSA) is 36.8 Å². The SMILES string of the molecule is CC(C)=C(/N=N\NC(C)C)C(C)C. The number of hydrogen-bond acceptors (Lipinski definition) is 2. The Kier molecular flexibility index (Phi) is 5.35. The Bertz CT molecular complexity index is 198. The highest BCUT2D eigenvalue weighted by Crippen LogP contribution is 2.15. The molecule has 0 unspecified atom stereocenters. The highest BCUT2D eigenvalue weighted by molar-refractivity contribution is 5.09. The van der Waals surface area contributed by atoms with Gasteiger partial charge in [-0.25, -0.2) is 0 Å². The van der Waals surface area contributed by atoms with Crippen molar-refractivity contribution < 1.29 is 0 Å². The Morgan fingerprint density at radius 1 is 1.08 bits per heavy atom. The summed E-state index contributed by atoms with van der Waals surface area (Å²) in [6.07, 6.45) is 0. The van der Waals surface area contributed by atoms with Crippen LogP contribution in [-0.2, 0) is 0 Å². The zero-order valence-corrected chi connectivity index (χ0v) is 9.55. The molecule has 3 heteroatoms. The van der Waals surface area contributed by atoms with Crippen molar-refractivity contribution in [2.24, 2.45) is 16.3 Å². The van der Waals surface area contributed by atoms with E-state index in [9.17, 15) is 0 Å². The predicted octanol–water partition coefficient (Wildman–Crippen LogP) is 3.30. The lowest BCUT2D eigenvalue weighted by molar-refractivity contribution is 0.577. The van der Waals surface area contributed by atoms with Crippen LogP contribution in [0, 0.1) is 5.92 Å². The third-order valence-electron chi connectivity index (χ3n) is 1.53. The van der Waals surface area contributed by atoms with Crippen molar-refractivity contribution in [3.8, 4) is 0 Å². The first-order valence-electron chi connectivity index (χ1n) is 4.78. The van der Waals surface area contributed by atoms with Gasteiger partial charge in [0.1, 0.15) is 0 Å². The standard InChI is InChI=1S/C10H21N3/c1-7(2)10(8(3)4)12-13-11-9(5)6/h7,9H,1-6H3,(H,11,12). The molecule has 0 heterocycles. The fourth-order valence-corrected chi connectivity index (χ4v) is 0.991. The van der Waals surface area contributed by atoms with Gasteiger partial charge in [0.2, 0.25) is 0 Å². The number of nitrogens with one attached hydrogen (secondary N) is 1. The molecule has 0 fully saturated rings. The van der Waals surface area contributed by atoms with E-state index in [0.29, 0.717) is 12.0 Å². The largest absolute Gasteiger partial charge is 0.289 e. The summed E-state index contributed by atoms with van der Waals surface area (Å²) in [5, 5.41) is 8.09. The van der Waals surface area contributed by atoms with Crippen LogP contribution in [0.15, 0.2) is 21.6 Å². The lowest BCUT2D eigenvalue weighted by Crippen LogP contribution is -2.15. The number of hydrogen-bond donors (Lipinski definition) is 1. The summed E-state index contributed by atoms with van der Waals surface area (Å²) in [6, 6.07) is 0.342. The van der Waals surface area contributed by atoms with Crippen LogP contribution in [0.2, 0.25) is 0 Å². The summed E-state index contributed by atoms with van der Waals surface area (Å²) >= 11 is 0. The van der Waals surface area contributed by atoms with Crippen LogP contribution in [0.4, 0.5) is 0 Å². The van der Waals surface area contributed by atoms with E-state index >= 15 is 0 Å². The van der Waals surface area contributed by atoms with Crippen LogP contribution < -0.4 is 5.43 Å². The van der Waals surface area contributed by atoms with E-state index in [0.717, 1.165) is 5.70 Å². The van der Waals surface area contributed by atoms with Gasteiger partial charge >= 0.3 is 0 Å². The molecule has 0 rings (SSSR count). The van der Waals surface area contributed by atoms with Crippen LogP contribution >= 0.6 is 0 Å². The average molecular weight is 183 g/mol. The predicted molar refractivity (Wildman–Crippen MR) is 56.3 cm³/mol. The first-order chi connectivity index (χ1) is 5.95. The van der Waals surface area contributed by atoms with Gasteiger partial charge < -0.3 is 0 Å². The zero-order chi connectivity index (χ0) is 10.4. The molecule has 0 aliphatic carbocycles. The molecule has 0 saturated heterocycles. The van der Waals surface area contributed by atoms with Gasteiger partial charge in [0, 0.05) is 6.04 Å². The van der Waals surface area contributed by atoms with Crippen LogP contribution in [0.3, 0.4) is 0 Å². The second kappa shape index (κ2) is 5.73. The smallest absolute Gasteiger partial charge is 0.0659 e. The van der Waals surface area contributed by atoms with Crippen molar-refractivity contribution in [1.82, 2.24) is 5.43 Å².